The third kappa shape index (κ3) is 4.87. The fourth-order valence-corrected chi connectivity index (χ4v) is 7.96. The van der Waals surface area contributed by atoms with Crippen LogP contribution in [0.3, 0.4) is 0 Å². The maximum absolute atomic E-state index is 12.0. The van der Waals surface area contributed by atoms with E-state index in [2.05, 4.69) is 16.1 Å². The van der Waals surface area contributed by atoms with Gasteiger partial charge in [-0.25, -0.2) is 4.79 Å². The molecule has 3 atom stereocenters. The predicted molar refractivity (Wildman–Crippen MR) is 154 cm³/mol. The van der Waals surface area contributed by atoms with E-state index in [1.165, 1.54) is 31.1 Å². The molecule has 3 aromatic rings. The minimum Gasteiger partial charge on any atom is -0.465 e. The van der Waals surface area contributed by atoms with Gasteiger partial charge in [-0.3, -0.25) is 4.90 Å². The lowest BCUT2D eigenvalue weighted by molar-refractivity contribution is -0.0426. The monoisotopic (exact) mass is 580 g/mol. The van der Waals surface area contributed by atoms with Crippen molar-refractivity contribution < 1.29 is 18.8 Å². The molecule has 2 aliphatic carbocycles. The zero-order valence-electron chi connectivity index (χ0n) is 22.7. The third-order valence-corrected chi connectivity index (χ3v) is 10.1. The lowest BCUT2D eigenvalue weighted by atomic mass is 9.84. The molecule has 3 unspecified atom stereocenters. The number of aryl methyl sites for hydroxylation is 1. The standard InChI is InChI=1S/C32H34Cl2N2O4/c1-38-32(37)21-8-7-20-14-22(10-9-19(20)13-21)36-23-11-12-24(36)16-25(15-23)39-17-26-30(35-40-31(26)18-5-6-18)29-27(33)3-2-4-28(29)34/h2-4,7-8,13,18,22-25H,5-6,9-12,14-17H2,1H3. The van der Waals surface area contributed by atoms with Crippen molar-refractivity contribution in [1.82, 2.24) is 10.1 Å². The molecule has 2 bridgehead atoms. The molecule has 1 aromatic heterocycles. The Hall–Kier alpha value is -2.38. The topological polar surface area (TPSA) is 64.8 Å². The molecule has 3 heterocycles. The van der Waals surface area contributed by atoms with E-state index in [-0.39, 0.29) is 12.1 Å². The molecule has 2 aliphatic heterocycles. The molecule has 0 amide bonds. The van der Waals surface area contributed by atoms with Gasteiger partial charge in [0.1, 0.15) is 11.5 Å². The molecule has 6 nitrogen and oxygen atoms in total. The Labute approximate surface area is 244 Å². The average molecular weight is 582 g/mol. The second-order valence-corrected chi connectivity index (χ2v) is 12.7. The summed E-state index contributed by atoms with van der Waals surface area (Å²) in [5.74, 6) is 1.09. The van der Waals surface area contributed by atoms with Crippen LogP contribution < -0.4 is 0 Å². The van der Waals surface area contributed by atoms with Crippen molar-refractivity contribution in [3.05, 3.63) is 74.5 Å². The number of carbonyl (C=O) groups excluding carboxylic acids is 1. The minimum atomic E-state index is -0.262. The van der Waals surface area contributed by atoms with Crippen LogP contribution in [0.25, 0.3) is 11.3 Å². The highest BCUT2D eigenvalue weighted by molar-refractivity contribution is 6.39. The summed E-state index contributed by atoms with van der Waals surface area (Å²) in [6.45, 7) is 0.468. The van der Waals surface area contributed by atoms with Gasteiger partial charge in [-0.15, -0.1) is 0 Å². The molecule has 0 radical (unpaired) electrons. The maximum Gasteiger partial charge on any atom is 0.337 e. The summed E-state index contributed by atoms with van der Waals surface area (Å²) in [5, 5.41) is 5.58. The van der Waals surface area contributed by atoms with E-state index < -0.39 is 0 Å². The first-order valence-corrected chi connectivity index (χ1v) is 15.3. The van der Waals surface area contributed by atoms with Crippen molar-refractivity contribution in [1.29, 1.82) is 0 Å². The van der Waals surface area contributed by atoms with Crippen molar-refractivity contribution in [2.45, 2.75) is 94.5 Å². The van der Waals surface area contributed by atoms with Crippen molar-refractivity contribution in [3.8, 4) is 11.3 Å². The number of ether oxygens (including phenoxy) is 2. The molecule has 8 heteroatoms. The number of hydrogen-bond donors (Lipinski definition) is 0. The molecular formula is C32H34Cl2N2O4. The number of esters is 1. The highest BCUT2D eigenvalue weighted by Gasteiger charge is 2.45. The largest absolute Gasteiger partial charge is 0.465 e. The molecule has 2 aromatic carbocycles. The minimum absolute atomic E-state index is 0.212. The van der Waals surface area contributed by atoms with Gasteiger partial charge in [0, 0.05) is 35.2 Å². The molecule has 7 rings (SSSR count). The molecule has 4 aliphatic rings. The molecule has 0 N–H and O–H groups in total. The summed E-state index contributed by atoms with van der Waals surface area (Å²) >= 11 is 13.1. The number of fused-ring (bicyclic) bond motifs is 3. The number of rotatable bonds is 7. The molecular weight excluding hydrogens is 547 g/mol. The van der Waals surface area contributed by atoms with Crippen LogP contribution in [0.2, 0.25) is 10.0 Å². The Morgan fingerprint density at radius 3 is 2.45 bits per heavy atom. The molecule has 2 saturated heterocycles. The Bertz CT molecular complexity index is 1400. The second kappa shape index (κ2) is 10.8. The quantitative estimate of drug-likeness (QED) is 0.271. The average Bonchev–Trinajstić information content (AvgIpc) is 3.67. The molecule has 210 valence electrons. The number of benzene rings is 2. The Kier molecular flexibility index (Phi) is 7.15. The molecule has 40 heavy (non-hydrogen) atoms. The summed E-state index contributed by atoms with van der Waals surface area (Å²) < 4.78 is 17.4. The number of carbonyl (C=O) groups is 1. The fourth-order valence-electron chi connectivity index (χ4n) is 7.38. The SMILES string of the molecule is COC(=O)c1ccc2c(c1)CCC(N1C3CCC1CC(OCc1c(-c4c(Cl)cccc4Cl)noc1C1CC1)C3)C2. The Morgan fingerprint density at radius 2 is 1.75 bits per heavy atom. The summed E-state index contributed by atoms with van der Waals surface area (Å²) in [6.07, 6.45) is 10.2. The van der Waals surface area contributed by atoms with Gasteiger partial charge in [0.05, 0.1) is 35.4 Å². The number of methoxy groups -OCH3 is 1. The van der Waals surface area contributed by atoms with Gasteiger partial charge in [0.2, 0.25) is 0 Å². The van der Waals surface area contributed by atoms with E-state index in [4.69, 9.17) is 37.2 Å². The van der Waals surface area contributed by atoms with Crippen LogP contribution in [0.15, 0.2) is 40.9 Å². The van der Waals surface area contributed by atoms with Gasteiger partial charge >= 0.3 is 5.97 Å². The van der Waals surface area contributed by atoms with Gasteiger partial charge in [0.15, 0.2) is 0 Å². The number of nitrogens with zero attached hydrogens (tertiary/aromatic N) is 2. The highest BCUT2D eigenvalue weighted by Crippen LogP contribution is 2.47. The van der Waals surface area contributed by atoms with Gasteiger partial charge in [-0.05, 0) is 93.2 Å². The van der Waals surface area contributed by atoms with Crippen LogP contribution in [0.4, 0.5) is 0 Å². The van der Waals surface area contributed by atoms with E-state index in [1.807, 2.05) is 30.3 Å². The highest BCUT2D eigenvalue weighted by atomic mass is 35.5. The number of halogens is 2. The predicted octanol–water partition coefficient (Wildman–Crippen LogP) is 7.38. The van der Waals surface area contributed by atoms with Crippen molar-refractivity contribution in [2.75, 3.05) is 7.11 Å². The third-order valence-electron chi connectivity index (χ3n) is 9.43. The maximum atomic E-state index is 12.0. The number of piperidine rings is 1. The molecule has 1 saturated carbocycles. The zero-order valence-corrected chi connectivity index (χ0v) is 24.2. The van der Waals surface area contributed by atoms with E-state index >= 15 is 0 Å². The lowest BCUT2D eigenvalue weighted by Crippen LogP contribution is -2.52. The summed E-state index contributed by atoms with van der Waals surface area (Å²) in [4.78, 5) is 14.8. The first-order valence-electron chi connectivity index (χ1n) is 14.5. The van der Waals surface area contributed by atoms with Gasteiger partial charge in [-0.1, -0.05) is 40.5 Å². The van der Waals surface area contributed by atoms with E-state index in [1.54, 1.807) is 0 Å². The van der Waals surface area contributed by atoms with Crippen molar-refractivity contribution >= 4 is 29.2 Å². The van der Waals surface area contributed by atoms with E-state index in [9.17, 15) is 4.79 Å². The summed E-state index contributed by atoms with van der Waals surface area (Å²) in [5.41, 5.74) is 5.75. The van der Waals surface area contributed by atoms with Crippen LogP contribution in [0.1, 0.15) is 83.7 Å². The normalized spacial score (nSPS) is 26.1. The number of hydrogen-bond acceptors (Lipinski definition) is 6. The van der Waals surface area contributed by atoms with Crippen molar-refractivity contribution in [2.24, 2.45) is 0 Å². The van der Waals surface area contributed by atoms with Gasteiger partial charge in [-0.2, -0.15) is 0 Å². The molecule has 3 fully saturated rings. The number of aromatic nitrogens is 1. The fraction of sp³-hybridized carbons (Fsp3) is 0.500. The Morgan fingerprint density at radius 1 is 1.00 bits per heavy atom. The van der Waals surface area contributed by atoms with Crippen LogP contribution in [0, 0.1) is 0 Å². The summed E-state index contributed by atoms with van der Waals surface area (Å²) in [7, 11) is 1.44. The zero-order chi connectivity index (χ0) is 27.4. The van der Waals surface area contributed by atoms with E-state index in [0.717, 1.165) is 61.8 Å². The Balaban J connectivity index is 1.04. The second-order valence-electron chi connectivity index (χ2n) is 11.9. The first kappa shape index (κ1) is 26.5. The van der Waals surface area contributed by atoms with Crippen LogP contribution in [-0.2, 0) is 28.9 Å². The summed E-state index contributed by atoms with van der Waals surface area (Å²) in [6, 6.07) is 13.2. The van der Waals surface area contributed by atoms with E-state index in [0.29, 0.717) is 52.0 Å². The van der Waals surface area contributed by atoms with Gasteiger partial charge in [0.25, 0.3) is 0 Å². The smallest absolute Gasteiger partial charge is 0.337 e. The first-order chi connectivity index (χ1) is 19.5. The van der Waals surface area contributed by atoms with Crippen LogP contribution >= 0.6 is 23.2 Å². The van der Waals surface area contributed by atoms with Gasteiger partial charge < -0.3 is 14.0 Å². The van der Waals surface area contributed by atoms with Crippen LogP contribution in [-0.4, -0.2) is 47.4 Å². The van der Waals surface area contributed by atoms with Crippen molar-refractivity contribution in [3.63, 3.8) is 0 Å². The van der Waals surface area contributed by atoms with Crippen LogP contribution in [0.5, 0.6) is 0 Å². The molecule has 0 spiro atoms. The lowest BCUT2D eigenvalue weighted by Gasteiger charge is -2.45.